The van der Waals surface area contributed by atoms with Crippen LogP contribution in [0.15, 0.2) is 47.8 Å². The zero-order chi connectivity index (χ0) is 19.8. The Hall–Kier alpha value is -2.34. The van der Waals surface area contributed by atoms with Gasteiger partial charge in [-0.25, -0.2) is 0 Å². The highest BCUT2D eigenvalue weighted by Crippen LogP contribution is 2.37. The normalized spacial score (nSPS) is 13.0. The van der Waals surface area contributed by atoms with Crippen LogP contribution in [0.5, 0.6) is 0 Å². The number of carbonyl (C=O) groups is 1. The molecule has 0 aliphatic carbocycles. The summed E-state index contributed by atoms with van der Waals surface area (Å²) in [6, 6.07) is 10.7. The van der Waals surface area contributed by atoms with E-state index in [4.69, 9.17) is 0 Å². The molecule has 2 aromatic carbocycles. The van der Waals surface area contributed by atoms with E-state index in [-0.39, 0.29) is 11.9 Å². The lowest BCUT2D eigenvalue weighted by Crippen LogP contribution is -2.34. The van der Waals surface area contributed by atoms with Gasteiger partial charge in [0.25, 0.3) is 5.91 Å². The Morgan fingerprint density at radius 3 is 2.59 bits per heavy atom. The van der Waals surface area contributed by atoms with Crippen molar-refractivity contribution in [1.82, 2.24) is 4.90 Å². The smallest absolute Gasteiger partial charge is 0.339 e. The maximum atomic E-state index is 13.1. The van der Waals surface area contributed by atoms with E-state index in [9.17, 15) is 18.0 Å². The second kappa shape index (κ2) is 7.35. The first-order valence-electron chi connectivity index (χ1n) is 8.68. The number of benzene rings is 2. The summed E-state index contributed by atoms with van der Waals surface area (Å²) in [6.07, 6.45) is -3.59. The van der Waals surface area contributed by atoms with Crippen molar-refractivity contribution in [2.24, 2.45) is 0 Å². The van der Waals surface area contributed by atoms with Crippen molar-refractivity contribution in [3.63, 3.8) is 0 Å². The van der Waals surface area contributed by atoms with Gasteiger partial charge < -0.3 is 4.90 Å². The Morgan fingerprint density at radius 1 is 1.19 bits per heavy atom. The molecule has 0 bridgehead atoms. The molecule has 1 amide bonds. The van der Waals surface area contributed by atoms with Crippen LogP contribution in [0.2, 0.25) is 0 Å². The SMILES string of the molecule is CCC(C)N(C)C(=O)c1cc(-c2cccc(C(F)(F)F)c2)c2sccc2c1. The van der Waals surface area contributed by atoms with Gasteiger partial charge in [-0.2, -0.15) is 13.2 Å². The van der Waals surface area contributed by atoms with E-state index in [1.54, 1.807) is 24.1 Å². The summed E-state index contributed by atoms with van der Waals surface area (Å²) in [5.74, 6) is -0.134. The van der Waals surface area contributed by atoms with E-state index in [1.165, 1.54) is 17.4 Å². The van der Waals surface area contributed by atoms with Crippen LogP contribution in [0.25, 0.3) is 21.2 Å². The van der Waals surface area contributed by atoms with Gasteiger partial charge in [0.15, 0.2) is 0 Å². The number of thiophene rings is 1. The van der Waals surface area contributed by atoms with Crippen molar-refractivity contribution in [2.75, 3.05) is 7.05 Å². The molecule has 3 aromatic rings. The highest BCUT2D eigenvalue weighted by atomic mass is 32.1. The summed E-state index contributed by atoms with van der Waals surface area (Å²) in [5.41, 5.74) is 0.891. The van der Waals surface area contributed by atoms with Crippen LogP contribution >= 0.6 is 11.3 Å². The average Bonchev–Trinajstić information content (AvgIpc) is 3.13. The fraction of sp³-hybridized carbons (Fsp3) is 0.286. The molecule has 1 aromatic heterocycles. The van der Waals surface area contributed by atoms with Gasteiger partial charge >= 0.3 is 6.18 Å². The highest BCUT2D eigenvalue weighted by molar-refractivity contribution is 7.17. The fourth-order valence-corrected chi connectivity index (χ4v) is 3.88. The van der Waals surface area contributed by atoms with Crippen LogP contribution in [-0.2, 0) is 6.18 Å². The topological polar surface area (TPSA) is 20.3 Å². The Kier molecular flexibility index (Phi) is 5.29. The summed E-state index contributed by atoms with van der Waals surface area (Å²) in [6.45, 7) is 3.97. The lowest BCUT2D eigenvalue weighted by atomic mass is 9.98. The molecular formula is C21H20F3NOS. The van der Waals surface area contributed by atoms with Gasteiger partial charge in [-0.1, -0.05) is 19.1 Å². The number of alkyl halides is 3. The second-order valence-electron chi connectivity index (χ2n) is 6.61. The van der Waals surface area contributed by atoms with Crippen molar-refractivity contribution in [1.29, 1.82) is 0 Å². The summed E-state index contributed by atoms with van der Waals surface area (Å²) in [7, 11) is 1.75. The van der Waals surface area contributed by atoms with Crippen molar-refractivity contribution in [3.8, 4) is 11.1 Å². The van der Waals surface area contributed by atoms with E-state index >= 15 is 0 Å². The zero-order valence-electron chi connectivity index (χ0n) is 15.3. The molecule has 0 N–H and O–H groups in total. The second-order valence-corrected chi connectivity index (χ2v) is 7.53. The molecule has 6 heteroatoms. The maximum Gasteiger partial charge on any atom is 0.416 e. The summed E-state index contributed by atoms with van der Waals surface area (Å²) < 4.78 is 40.2. The van der Waals surface area contributed by atoms with Crippen LogP contribution < -0.4 is 0 Å². The van der Waals surface area contributed by atoms with Gasteiger partial charge in [0.1, 0.15) is 0 Å². The predicted molar refractivity (Wildman–Crippen MR) is 104 cm³/mol. The molecular weight excluding hydrogens is 371 g/mol. The zero-order valence-corrected chi connectivity index (χ0v) is 16.1. The molecule has 0 saturated heterocycles. The van der Waals surface area contributed by atoms with Crippen molar-refractivity contribution >= 4 is 27.3 Å². The number of carbonyl (C=O) groups excluding carboxylic acids is 1. The lowest BCUT2D eigenvalue weighted by Gasteiger charge is -2.24. The Balaban J connectivity index is 2.14. The minimum atomic E-state index is -4.41. The summed E-state index contributed by atoms with van der Waals surface area (Å²) in [4.78, 5) is 14.5. The standard InChI is InChI=1S/C21H20F3NOS/c1-4-13(2)25(3)20(26)16-10-15-8-9-27-19(15)18(12-16)14-6-5-7-17(11-14)21(22,23)24/h5-13H,4H2,1-3H3. The minimum absolute atomic E-state index is 0.0766. The number of halogens is 3. The molecule has 1 atom stereocenters. The quantitative estimate of drug-likeness (QED) is 0.500. The average molecular weight is 391 g/mol. The molecule has 27 heavy (non-hydrogen) atoms. The van der Waals surface area contributed by atoms with E-state index in [0.717, 1.165) is 28.6 Å². The number of fused-ring (bicyclic) bond motifs is 1. The van der Waals surface area contributed by atoms with Gasteiger partial charge in [0, 0.05) is 28.9 Å². The molecule has 0 saturated carbocycles. The van der Waals surface area contributed by atoms with Gasteiger partial charge in [0.2, 0.25) is 0 Å². The molecule has 0 fully saturated rings. The van der Waals surface area contributed by atoms with Gasteiger partial charge in [-0.05, 0) is 60.0 Å². The van der Waals surface area contributed by atoms with Crippen LogP contribution in [0.1, 0.15) is 36.2 Å². The maximum absolute atomic E-state index is 13.1. The minimum Gasteiger partial charge on any atom is -0.339 e. The molecule has 2 nitrogen and oxygen atoms in total. The molecule has 0 spiro atoms. The fourth-order valence-electron chi connectivity index (χ4n) is 2.96. The number of hydrogen-bond acceptors (Lipinski definition) is 2. The third-order valence-electron chi connectivity index (χ3n) is 4.87. The first-order valence-corrected chi connectivity index (χ1v) is 9.56. The largest absolute Gasteiger partial charge is 0.416 e. The molecule has 1 unspecified atom stereocenters. The van der Waals surface area contributed by atoms with Crippen LogP contribution in [-0.4, -0.2) is 23.9 Å². The Bertz CT molecular complexity index is 977. The molecule has 0 aliphatic heterocycles. The Labute approximate surface area is 160 Å². The number of amides is 1. The summed E-state index contributed by atoms with van der Waals surface area (Å²) in [5, 5.41) is 2.74. The predicted octanol–water partition coefficient (Wildman–Crippen LogP) is 6.46. The highest BCUT2D eigenvalue weighted by Gasteiger charge is 2.30. The number of nitrogens with zero attached hydrogens (tertiary/aromatic N) is 1. The molecule has 142 valence electrons. The van der Waals surface area contributed by atoms with Crippen molar-refractivity contribution < 1.29 is 18.0 Å². The lowest BCUT2D eigenvalue weighted by molar-refractivity contribution is -0.137. The number of hydrogen-bond donors (Lipinski definition) is 0. The van der Waals surface area contributed by atoms with Crippen molar-refractivity contribution in [2.45, 2.75) is 32.5 Å². The number of rotatable bonds is 4. The van der Waals surface area contributed by atoms with E-state index in [1.807, 2.05) is 31.4 Å². The van der Waals surface area contributed by atoms with E-state index < -0.39 is 11.7 Å². The first kappa shape index (κ1) is 19.4. The van der Waals surface area contributed by atoms with Crippen LogP contribution in [0, 0.1) is 0 Å². The molecule has 1 heterocycles. The third-order valence-corrected chi connectivity index (χ3v) is 5.83. The molecule has 0 aliphatic rings. The summed E-state index contributed by atoms with van der Waals surface area (Å²) >= 11 is 1.46. The monoisotopic (exact) mass is 391 g/mol. The van der Waals surface area contributed by atoms with Gasteiger partial charge in [-0.15, -0.1) is 11.3 Å². The van der Waals surface area contributed by atoms with Crippen molar-refractivity contribution in [3.05, 3.63) is 59.0 Å². The third kappa shape index (κ3) is 3.86. The van der Waals surface area contributed by atoms with Gasteiger partial charge in [0.05, 0.1) is 5.56 Å². The first-order chi connectivity index (χ1) is 12.7. The van der Waals surface area contributed by atoms with Crippen LogP contribution in [0.4, 0.5) is 13.2 Å². The Morgan fingerprint density at radius 2 is 1.93 bits per heavy atom. The van der Waals surface area contributed by atoms with E-state index in [0.29, 0.717) is 16.7 Å². The van der Waals surface area contributed by atoms with E-state index in [2.05, 4.69) is 0 Å². The molecule has 0 radical (unpaired) electrons. The molecule has 3 rings (SSSR count). The van der Waals surface area contributed by atoms with Gasteiger partial charge in [-0.3, -0.25) is 4.79 Å². The van der Waals surface area contributed by atoms with Crippen LogP contribution in [0.3, 0.4) is 0 Å².